The molecule has 0 aromatic heterocycles. The zero-order chi connectivity index (χ0) is 2.00. The quantitative estimate of drug-likeness (QED) is 0.581. The smallest absolute Gasteiger partial charge is 0.693 e. The summed E-state index contributed by atoms with van der Waals surface area (Å²) >= 11 is 0. The normalized spacial score (nSPS) is 1.50. The van der Waals surface area contributed by atoms with Crippen molar-refractivity contribution in [2.75, 3.05) is 0 Å². The third kappa shape index (κ3) is 15.9. The molecule has 0 aliphatic carbocycles. The van der Waals surface area contributed by atoms with Crippen molar-refractivity contribution in [1.29, 1.82) is 0 Å². The molecule has 0 atom stereocenters. The topological polar surface area (TPSA) is 33.5 Å². The van der Waals surface area contributed by atoms with Crippen LogP contribution >= 0.6 is 0 Å². The molecule has 0 radical (unpaired) electrons. The van der Waals surface area contributed by atoms with Crippen LogP contribution in [0.25, 0.3) is 6.15 Å². The molecule has 2 heteroatoms. The molecule has 0 aromatic carbocycles. The molecule has 0 fully saturated rings. The first-order valence-electron chi connectivity index (χ1n) is 1.00. The van der Waals surface area contributed by atoms with Crippen LogP contribution < -0.4 is 0 Å². The molecule has 4 heavy (non-hydrogen) atoms. The molecule has 0 saturated heterocycles. The first-order chi connectivity index (χ1) is 1.00. The fourth-order valence-corrected chi connectivity index (χ4v) is 0. The van der Waals surface area contributed by atoms with Gasteiger partial charge in [-0.15, -0.1) is 0 Å². The van der Waals surface area contributed by atoms with Crippen LogP contribution in [-0.2, 0) is 22.4 Å². The summed E-state index contributed by atoms with van der Waals surface area (Å²) in [6, 6.07) is 0. The van der Waals surface area contributed by atoms with E-state index in [1.54, 1.807) is 0 Å². The SMILES string of the molecule is CC.[Au+].[NH2-]. The van der Waals surface area contributed by atoms with Crippen molar-refractivity contribution in [1.82, 2.24) is 0 Å². The van der Waals surface area contributed by atoms with Gasteiger partial charge in [-0.2, -0.15) is 0 Å². The van der Waals surface area contributed by atoms with Crippen molar-refractivity contribution in [2.24, 2.45) is 0 Å². The number of nitrogens with two attached hydrogens (primary N) is 1. The van der Waals surface area contributed by atoms with Crippen molar-refractivity contribution in [3.8, 4) is 0 Å². The molecule has 0 bridgehead atoms. The summed E-state index contributed by atoms with van der Waals surface area (Å²) in [7, 11) is 0. The minimum Gasteiger partial charge on any atom is -0.693 e. The van der Waals surface area contributed by atoms with Gasteiger partial charge in [-0.1, -0.05) is 13.8 Å². The van der Waals surface area contributed by atoms with E-state index < -0.39 is 0 Å². The van der Waals surface area contributed by atoms with Crippen LogP contribution in [0.5, 0.6) is 0 Å². The standard InChI is InChI=1S/C2H6.Au.H2N/c1-2;;/h1-2H3;;1H2/q;+1;-1. The molecule has 0 unspecified atom stereocenters. The molecule has 32 valence electrons. The third-order valence-corrected chi connectivity index (χ3v) is 0. The van der Waals surface area contributed by atoms with Crippen LogP contribution in [0.4, 0.5) is 0 Å². The Bertz CT molecular complexity index is 6.00. The Morgan fingerprint density at radius 1 is 1.00 bits per heavy atom. The first-order valence-corrected chi connectivity index (χ1v) is 1.00. The fraction of sp³-hybridized carbons (Fsp3) is 1.00. The van der Waals surface area contributed by atoms with E-state index in [0.29, 0.717) is 0 Å². The fourth-order valence-electron chi connectivity index (χ4n) is 0. The summed E-state index contributed by atoms with van der Waals surface area (Å²) in [6.45, 7) is 4.00. The maximum atomic E-state index is 2.00. The van der Waals surface area contributed by atoms with Gasteiger partial charge in [0.05, 0.1) is 0 Å². The zero-order valence-corrected chi connectivity index (χ0v) is 5.05. The van der Waals surface area contributed by atoms with Crippen LogP contribution in [0.15, 0.2) is 0 Å². The first kappa shape index (κ1) is 22.3. The predicted molar refractivity (Wildman–Crippen MR) is 16.6 cm³/mol. The van der Waals surface area contributed by atoms with E-state index >= 15 is 0 Å². The van der Waals surface area contributed by atoms with Crippen LogP contribution in [-0.4, -0.2) is 0 Å². The van der Waals surface area contributed by atoms with E-state index in [0.717, 1.165) is 0 Å². The molecule has 0 aliphatic heterocycles. The van der Waals surface area contributed by atoms with Gasteiger partial charge in [-0.25, -0.2) is 0 Å². The molecule has 1 nitrogen and oxygen atoms in total. The maximum Gasteiger partial charge on any atom is 1.00 e. The molecule has 0 amide bonds. The van der Waals surface area contributed by atoms with Crippen molar-refractivity contribution < 1.29 is 22.4 Å². The van der Waals surface area contributed by atoms with E-state index in [9.17, 15) is 0 Å². The Morgan fingerprint density at radius 3 is 1.00 bits per heavy atom. The van der Waals surface area contributed by atoms with E-state index in [4.69, 9.17) is 0 Å². The summed E-state index contributed by atoms with van der Waals surface area (Å²) in [4.78, 5) is 0. The van der Waals surface area contributed by atoms with Crippen LogP contribution in [0.2, 0.25) is 0 Å². The van der Waals surface area contributed by atoms with E-state index in [1.165, 1.54) is 0 Å². The summed E-state index contributed by atoms with van der Waals surface area (Å²) < 4.78 is 0. The van der Waals surface area contributed by atoms with E-state index in [2.05, 4.69) is 0 Å². The third-order valence-electron chi connectivity index (χ3n) is 0. The van der Waals surface area contributed by atoms with Gasteiger partial charge in [-0.05, 0) is 0 Å². The zero-order valence-electron chi connectivity index (χ0n) is 2.88. The molecule has 0 rings (SSSR count). The Hall–Kier alpha value is 0.700. The average molecular weight is 243 g/mol. The van der Waals surface area contributed by atoms with Crippen molar-refractivity contribution in [2.45, 2.75) is 13.8 Å². The second-order valence-electron chi connectivity index (χ2n) is 0. The van der Waals surface area contributed by atoms with Crippen molar-refractivity contribution in [3.05, 3.63) is 6.15 Å². The molecule has 0 heterocycles. The summed E-state index contributed by atoms with van der Waals surface area (Å²) in [5.41, 5.74) is 0. The van der Waals surface area contributed by atoms with Gasteiger partial charge in [0, 0.05) is 0 Å². The molecule has 0 saturated carbocycles. The molecular formula is C2H8AuN. The molecule has 0 aromatic rings. The molecule has 0 spiro atoms. The predicted octanol–water partition coefficient (Wildman–Crippen LogP) is 1.74. The minimum atomic E-state index is 0. The van der Waals surface area contributed by atoms with E-state index in [-0.39, 0.29) is 28.5 Å². The monoisotopic (exact) mass is 243 g/mol. The second-order valence-corrected chi connectivity index (χ2v) is 0. The van der Waals surface area contributed by atoms with Crippen LogP contribution in [0.3, 0.4) is 0 Å². The Morgan fingerprint density at radius 2 is 1.00 bits per heavy atom. The van der Waals surface area contributed by atoms with Crippen LogP contribution in [0.1, 0.15) is 13.8 Å². The van der Waals surface area contributed by atoms with Gasteiger partial charge in [-0.3, -0.25) is 0 Å². The van der Waals surface area contributed by atoms with Crippen LogP contribution in [0, 0.1) is 0 Å². The maximum absolute atomic E-state index is 2.00. The van der Waals surface area contributed by atoms with Gasteiger partial charge < -0.3 is 6.15 Å². The van der Waals surface area contributed by atoms with Gasteiger partial charge >= 0.3 is 22.4 Å². The summed E-state index contributed by atoms with van der Waals surface area (Å²) in [6.07, 6.45) is 0. The average Bonchev–Trinajstić information content (AvgIpc) is 1.00. The van der Waals surface area contributed by atoms with Gasteiger partial charge in [0.2, 0.25) is 0 Å². The molecular weight excluding hydrogens is 235 g/mol. The Balaban J connectivity index is -0.00000000500. The Kier molecular flexibility index (Phi) is 306. The summed E-state index contributed by atoms with van der Waals surface area (Å²) in [5.74, 6) is 0. The number of hydrogen-bond donors (Lipinski definition) is 0. The van der Waals surface area contributed by atoms with Gasteiger partial charge in [0.1, 0.15) is 0 Å². The number of rotatable bonds is 0. The molecule has 0 aliphatic rings. The minimum absolute atomic E-state index is 0. The van der Waals surface area contributed by atoms with Gasteiger partial charge in [0.25, 0.3) is 0 Å². The van der Waals surface area contributed by atoms with Crippen molar-refractivity contribution >= 4 is 0 Å². The molecule has 2 N–H and O–H groups in total. The van der Waals surface area contributed by atoms with Crippen molar-refractivity contribution in [3.63, 3.8) is 0 Å². The van der Waals surface area contributed by atoms with Gasteiger partial charge in [0.15, 0.2) is 0 Å². The number of hydrogen-bond acceptors (Lipinski definition) is 0. The van der Waals surface area contributed by atoms with E-state index in [1.807, 2.05) is 13.8 Å². The Labute approximate surface area is 42.9 Å². The second kappa shape index (κ2) is 55.0. The summed E-state index contributed by atoms with van der Waals surface area (Å²) in [5, 5.41) is 0. The largest absolute Gasteiger partial charge is 1.00 e.